The number of fused-ring (bicyclic) bond motifs is 1. The van der Waals surface area contributed by atoms with Crippen LogP contribution < -0.4 is 15.1 Å². The number of carbonyl (C=O) groups is 4. The minimum atomic E-state index is -1.11. The molecule has 1 unspecified atom stereocenters. The molecule has 4 aromatic rings. The molecule has 8 nitrogen and oxygen atoms in total. The Morgan fingerprint density at radius 3 is 2.14 bits per heavy atom. The highest BCUT2D eigenvalue weighted by Gasteiger charge is 2.39. The molecule has 0 saturated heterocycles. The van der Waals surface area contributed by atoms with Crippen LogP contribution in [0, 0.1) is 5.82 Å². The zero-order valence-corrected chi connectivity index (χ0v) is 23.2. The molecule has 1 aliphatic heterocycles. The van der Waals surface area contributed by atoms with Crippen LogP contribution in [0.5, 0.6) is 0 Å². The minimum Gasteiger partial charge on any atom is -0.378 e. The first kappa shape index (κ1) is 28.2. The SMILES string of the molecule is CN(C)c1ccc(NC(=O)C(c2ccccc2)N(Cc2ccc(F)cc2)C(=O)CN2C(=O)C(=O)c3ccccc32)cc1. The Hall–Kier alpha value is -5.31. The first-order chi connectivity index (χ1) is 20.2. The Bertz CT molecular complexity index is 1620. The van der Waals surface area contributed by atoms with Crippen molar-refractivity contribution >= 4 is 40.6 Å². The molecule has 4 aromatic carbocycles. The second-order valence-electron chi connectivity index (χ2n) is 10.1. The number of hydrogen-bond donors (Lipinski definition) is 1. The van der Waals surface area contributed by atoms with Crippen LogP contribution in [0.1, 0.15) is 27.5 Å². The summed E-state index contributed by atoms with van der Waals surface area (Å²) in [5, 5.41) is 2.92. The van der Waals surface area contributed by atoms with Crippen LogP contribution in [0.25, 0.3) is 0 Å². The van der Waals surface area contributed by atoms with Crippen molar-refractivity contribution in [3.05, 3.63) is 126 Å². The van der Waals surface area contributed by atoms with Gasteiger partial charge in [0.2, 0.25) is 5.91 Å². The molecule has 1 aliphatic rings. The van der Waals surface area contributed by atoms with Crippen molar-refractivity contribution < 1.29 is 23.6 Å². The Balaban J connectivity index is 1.52. The molecule has 1 heterocycles. The quantitative estimate of drug-likeness (QED) is 0.294. The van der Waals surface area contributed by atoms with E-state index in [2.05, 4.69) is 5.32 Å². The number of hydrogen-bond acceptors (Lipinski definition) is 5. The fraction of sp³-hybridized carbons (Fsp3) is 0.152. The summed E-state index contributed by atoms with van der Waals surface area (Å²) < 4.78 is 13.7. The number of rotatable bonds is 9. The molecule has 42 heavy (non-hydrogen) atoms. The number of ketones is 1. The highest BCUT2D eigenvalue weighted by molar-refractivity contribution is 6.52. The molecule has 9 heteroatoms. The highest BCUT2D eigenvalue weighted by atomic mass is 19.1. The molecular weight excluding hydrogens is 535 g/mol. The first-order valence-corrected chi connectivity index (χ1v) is 13.4. The second-order valence-corrected chi connectivity index (χ2v) is 10.1. The van der Waals surface area contributed by atoms with E-state index in [1.165, 1.54) is 35.2 Å². The third-order valence-electron chi connectivity index (χ3n) is 7.09. The summed E-state index contributed by atoms with van der Waals surface area (Å²) in [7, 11) is 3.82. The van der Waals surface area contributed by atoms with Gasteiger partial charge in [0, 0.05) is 32.0 Å². The Labute approximate surface area is 243 Å². The molecule has 0 spiro atoms. The van der Waals surface area contributed by atoms with E-state index in [0.717, 1.165) is 10.6 Å². The summed E-state index contributed by atoms with van der Waals surface area (Å²) in [6.07, 6.45) is 0. The van der Waals surface area contributed by atoms with Gasteiger partial charge in [0.25, 0.3) is 17.6 Å². The first-order valence-electron chi connectivity index (χ1n) is 13.4. The lowest BCUT2D eigenvalue weighted by Crippen LogP contribution is -2.46. The van der Waals surface area contributed by atoms with Crippen molar-refractivity contribution in [2.45, 2.75) is 12.6 Å². The highest BCUT2D eigenvalue weighted by Crippen LogP contribution is 2.31. The predicted molar refractivity (Wildman–Crippen MR) is 159 cm³/mol. The van der Waals surface area contributed by atoms with Crippen molar-refractivity contribution in [1.82, 2.24) is 4.90 Å². The predicted octanol–water partition coefficient (Wildman–Crippen LogP) is 4.83. The molecule has 1 N–H and O–H groups in total. The van der Waals surface area contributed by atoms with E-state index in [1.807, 2.05) is 31.1 Å². The van der Waals surface area contributed by atoms with E-state index in [1.54, 1.807) is 60.7 Å². The van der Waals surface area contributed by atoms with E-state index in [4.69, 9.17) is 0 Å². The third-order valence-corrected chi connectivity index (χ3v) is 7.09. The summed E-state index contributed by atoms with van der Waals surface area (Å²) in [5.74, 6) is -2.98. The van der Waals surface area contributed by atoms with Gasteiger partial charge in [-0.15, -0.1) is 0 Å². The van der Waals surface area contributed by atoms with Crippen LogP contribution >= 0.6 is 0 Å². The average Bonchev–Trinajstić information content (AvgIpc) is 3.23. The normalized spacial score (nSPS) is 13.0. The monoisotopic (exact) mass is 564 g/mol. The number of halogens is 1. The Morgan fingerprint density at radius 1 is 0.833 bits per heavy atom. The fourth-order valence-electron chi connectivity index (χ4n) is 4.90. The Kier molecular flexibility index (Phi) is 8.10. The zero-order valence-electron chi connectivity index (χ0n) is 23.2. The number of para-hydroxylation sites is 1. The van der Waals surface area contributed by atoms with Gasteiger partial charge in [-0.05, 0) is 59.7 Å². The van der Waals surface area contributed by atoms with Gasteiger partial charge in [-0.2, -0.15) is 0 Å². The summed E-state index contributed by atoms with van der Waals surface area (Å²) in [6, 6.07) is 27.1. The standard InChI is InChI=1S/C33H29FN4O4/c1-36(2)26-18-16-25(17-19-26)35-32(41)30(23-8-4-3-5-9-23)38(20-22-12-14-24(34)15-13-22)29(39)21-37-28-11-7-6-10-27(28)31(40)33(37)42/h3-19,30H,20-21H2,1-2H3,(H,35,41). The Morgan fingerprint density at radius 2 is 1.48 bits per heavy atom. The van der Waals surface area contributed by atoms with Crippen molar-refractivity contribution in [1.29, 1.82) is 0 Å². The molecule has 5 rings (SSSR count). The number of nitrogens with zero attached hydrogens (tertiary/aromatic N) is 3. The minimum absolute atomic E-state index is 0.0523. The molecule has 0 radical (unpaired) electrons. The summed E-state index contributed by atoms with van der Waals surface area (Å²) >= 11 is 0. The van der Waals surface area contributed by atoms with Crippen LogP contribution in [-0.4, -0.2) is 49.0 Å². The van der Waals surface area contributed by atoms with E-state index in [0.29, 0.717) is 22.5 Å². The van der Waals surface area contributed by atoms with Crippen LogP contribution in [0.15, 0.2) is 103 Å². The largest absolute Gasteiger partial charge is 0.378 e. The van der Waals surface area contributed by atoms with E-state index < -0.39 is 41.9 Å². The third kappa shape index (κ3) is 5.90. The number of benzene rings is 4. The topological polar surface area (TPSA) is 90.0 Å². The zero-order chi connectivity index (χ0) is 29.8. The number of Topliss-reactive ketones (excluding diaryl/α,β-unsaturated/α-hetero) is 1. The van der Waals surface area contributed by atoms with Crippen LogP contribution in [0.3, 0.4) is 0 Å². The maximum absolute atomic E-state index is 14.1. The van der Waals surface area contributed by atoms with Crippen LogP contribution in [0.2, 0.25) is 0 Å². The van der Waals surface area contributed by atoms with Crippen molar-refractivity contribution in [3.8, 4) is 0 Å². The van der Waals surface area contributed by atoms with Gasteiger partial charge in [-0.25, -0.2) is 4.39 Å². The molecule has 0 saturated carbocycles. The van der Waals surface area contributed by atoms with Gasteiger partial charge in [0.15, 0.2) is 0 Å². The molecule has 0 aromatic heterocycles. The van der Waals surface area contributed by atoms with Gasteiger partial charge in [-0.3, -0.25) is 24.1 Å². The van der Waals surface area contributed by atoms with Crippen LogP contribution in [0.4, 0.5) is 21.5 Å². The van der Waals surface area contributed by atoms with Gasteiger partial charge in [0.1, 0.15) is 18.4 Å². The van der Waals surface area contributed by atoms with Crippen molar-refractivity contribution in [3.63, 3.8) is 0 Å². The maximum Gasteiger partial charge on any atom is 0.299 e. The second kappa shape index (κ2) is 12.1. The summed E-state index contributed by atoms with van der Waals surface area (Å²) in [4.78, 5) is 58.0. The van der Waals surface area contributed by atoms with Crippen LogP contribution in [-0.2, 0) is 20.9 Å². The number of nitrogens with one attached hydrogen (secondary N) is 1. The molecule has 0 bridgehead atoms. The van der Waals surface area contributed by atoms with Gasteiger partial charge >= 0.3 is 0 Å². The van der Waals surface area contributed by atoms with Crippen molar-refractivity contribution in [2.75, 3.05) is 35.8 Å². The lowest BCUT2D eigenvalue weighted by molar-refractivity contribution is -0.139. The maximum atomic E-state index is 14.1. The smallest absolute Gasteiger partial charge is 0.299 e. The molecular formula is C33H29FN4O4. The lowest BCUT2D eigenvalue weighted by Gasteiger charge is -2.33. The lowest BCUT2D eigenvalue weighted by atomic mass is 10.0. The summed E-state index contributed by atoms with van der Waals surface area (Å²) in [5.41, 5.74) is 3.17. The molecule has 0 fully saturated rings. The van der Waals surface area contributed by atoms with Gasteiger partial charge in [-0.1, -0.05) is 54.6 Å². The van der Waals surface area contributed by atoms with E-state index in [9.17, 15) is 23.6 Å². The van der Waals surface area contributed by atoms with Gasteiger partial charge in [0.05, 0.1) is 11.3 Å². The number of anilines is 3. The van der Waals surface area contributed by atoms with Crippen molar-refractivity contribution in [2.24, 2.45) is 0 Å². The molecule has 1 atom stereocenters. The molecule has 0 aliphatic carbocycles. The van der Waals surface area contributed by atoms with Gasteiger partial charge < -0.3 is 15.1 Å². The molecule has 3 amide bonds. The number of amides is 3. The summed E-state index contributed by atoms with van der Waals surface area (Å²) in [6.45, 7) is -0.514. The number of carbonyl (C=O) groups excluding carboxylic acids is 4. The molecule has 212 valence electrons. The van der Waals surface area contributed by atoms with E-state index >= 15 is 0 Å². The van der Waals surface area contributed by atoms with E-state index in [-0.39, 0.29) is 12.1 Å². The fourth-order valence-corrected chi connectivity index (χ4v) is 4.90. The average molecular weight is 565 g/mol.